The minimum atomic E-state index is -0.336. The highest BCUT2D eigenvalue weighted by molar-refractivity contribution is 6.08. The fourth-order valence-corrected chi connectivity index (χ4v) is 9.44. The summed E-state index contributed by atoms with van der Waals surface area (Å²) in [6.45, 7) is 12.6. The van der Waals surface area contributed by atoms with Crippen molar-refractivity contribution in [2.75, 3.05) is 11.4 Å². The lowest BCUT2D eigenvalue weighted by atomic mass is 9.79. The molecular weight excluding hydrogens is 869 g/mol. The van der Waals surface area contributed by atoms with Crippen molar-refractivity contribution in [3.63, 3.8) is 0 Å². The molecule has 0 saturated heterocycles. The Morgan fingerprint density at radius 1 is 0.500 bits per heavy atom. The summed E-state index contributed by atoms with van der Waals surface area (Å²) in [6, 6.07) is 29.7. The van der Waals surface area contributed by atoms with Gasteiger partial charge in [-0.05, 0) is 113 Å². The second-order valence-corrected chi connectivity index (χ2v) is 18.3. The van der Waals surface area contributed by atoms with Gasteiger partial charge in [-0.2, -0.15) is 0 Å². The second kappa shape index (κ2) is 28.7. The number of hydrogen-bond acceptors (Lipinski definition) is 1. The van der Waals surface area contributed by atoms with Crippen molar-refractivity contribution < 1.29 is 36.0 Å². The van der Waals surface area contributed by atoms with Crippen molar-refractivity contribution in [2.24, 2.45) is 0 Å². The maximum absolute atomic E-state index is 5.02. The Morgan fingerprint density at radius 2 is 0.958 bits per heavy atom. The van der Waals surface area contributed by atoms with E-state index in [4.69, 9.17) is 6.42 Å². The SMILES string of the molecule is C.C#CC#CC#CC#CC#CC#CC#CC#CC#CC#CC#C[N+]1=C(/C=C/C=C/C=C2/N(CCCCCCCCCCCCCC)c3ccc4ccccc4c3C2(C)C)C(C)(C)c2c1ccc1ccccc21.[HH].[HH].[HH].[HH].[HH].[HH].[HH].[HH].[HH].[HH].[HH].[HH].[HH].[HH].[HH].[HH].[HH].[HH].[HH].[HH].[HH].[HH]. The van der Waals surface area contributed by atoms with Crippen LogP contribution in [0.15, 0.2) is 109 Å². The molecule has 0 aromatic heterocycles. The summed E-state index contributed by atoms with van der Waals surface area (Å²) in [4.78, 5) is 2.60. The molecule has 0 aliphatic carbocycles. The van der Waals surface area contributed by atoms with Crippen LogP contribution in [-0.2, 0) is 10.8 Å². The van der Waals surface area contributed by atoms with Gasteiger partial charge in [0.1, 0.15) is 0 Å². The minimum Gasteiger partial charge on any atom is -0.344 e. The number of rotatable bonds is 16. The Morgan fingerprint density at radius 3 is 1.49 bits per heavy atom. The number of terminal acetylenes is 1. The summed E-state index contributed by atoms with van der Waals surface area (Å²) in [5.74, 6) is 52.0. The molecule has 2 aliphatic heterocycles. The maximum Gasteiger partial charge on any atom is 0.243 e. The van der Waals surface area contributed by atoms with Crippen LogP contribution in [-0.4, -0.2) is 16.8 Å². The summed E-state index contributed by atoms with van der Waals surface area (Å²) < 4.78 is 2.07. The van der Waals surface area contributed by atoms with Crippen LogP contribution in [0, 0.1) is 131 Å². The lowest BCUT2D eigenvalue weighted by molar-refractivity contribution is -0.332. The molecule has 0 atom stereocenters. The summed E-state index contributed by atoms with van der Waals surface area (Å²) in [6.07, 6.45) is 32.2. The first kappa shape index (κ1) is 54.2. The molecule has 6 rings (SSSR count). The first-order valence-electron chi connectivity index (χ1n) is 24.8. The minimum absolute atomic E-state index is 0. The Labute approximate surface area is 466 Å². The number of hydrogen-bond donors (Lipinski definition) is 0. The molecule has 0 amide bonds. The highest BCUT2D eigenvalue weighted by atomic mass is 15.2. The molecule has 0 bridgehead atoms. The number of nitrogens with zero attached hydrogens (tertiary/aromatic N) is 2. The predicted octanol–water partition coefficient (Wildman–Crippen LogP) is 19.5. The van der Waals surface area contributed by atoms with Gasteiger partial charge in [0.25, 0.3) is 0 Å². The van der Waals surface area contributed by atoms with E-state index in [-0.39, 0.29) is 49.6 Å². The van der Waals surface area contributed by atoms with Crippen LogP contribution < -0.4 is 4.90 Å². The van der Waals surface area contributed by atoms with Crippen molar-refractivity contribution in [3.8, 4) is 131 Å². The lowest BCUT2D eigenvalue weighted by Gasteiger charge is -2.27. The standard InChI is InChI=1S/C69H59N2.CH4.22H2/c1-7-9-11-13-15-17-19-21-22-23-24-25-26-27-28-30-32-34-36-45-57-71-63-55-53-59-47-41-43-49-61(59)67(63)69(5,6)65(71)51-39-37-38-50-64-68(3,4)66-60-48-42-40-46-58(60)52-54-62(66)70(64)56-44-35-33-31-29-20-18-16-14-12-10-8-2;;;;;;;;;;;;;;;;;;;;;;;/h1,37-43,46-55H,8,10,12,14,16,18,20,29,31,33,35,44,56H2,2-6H3;1H4;22*1H/q+1;;;;;;;;;;;;;;;;;;;;;;;. The molecule has 2 heteroatoms. The molecular formula is C70H107N2+. The van der Waals surface area contributed by atoms with Crippen LogP contribution in [0.3, 0.4) is 0 Å². The van der Waals surface area contributed by atoms with Crippen LogP contribution in [0.25, 0.3) is 21.5 Å². The Balaban J connectivity index is -0.000000157. The van der Waals surface area contributed by atoms with Crippen molar-refractivity contribution in [2.45, 2.75) is 130 Å². The van der Waals surface area contributed by atoms with Crippen LogP contribution in [0.5, 0.6) is 0 Å². The van der Waals surface area contributed by atoms with Gasteiger partial charge in [0, 0.05) is 138 Å². The fourth-order valence-electron chi connectivity index (χ4n) is 9.44. The summed E-state index contributed by atoms with van der Waals surface area (Å²) >= 11 is 0. The van der Waals surface area contributed by atoms with Crippen LogP contribution in [0.1, 0.15) is 162 Å². The van der Waals surface area contributed by atoms with Crippen LogP contribution >= 0.6 is 0 Å². The average Bonchev–Trinajstić information content (AvgIpc) is 3.73. The number of allylic oxidation sites excluding steroid dienone is 6. The summed E-state index contributed by atoms with van der Waals surface area (Å²) in [7, 11) is 0. The number of benzene rings is 4. The third-order valence-corrected chi connectivity index (χ3v) is 12.7. The molecule has 2 heterocycles. The number of unbranched alkanes of at least 4 members (excludes halogenated alkanes) is 11. The Kier molecular flexibility index (Phi) is 21.6. The van der Waals surface area contributed by atoms with E-state index in [1.165, 1.54) is 121 Å². The first-order valence-corrected chi connectivity index (χ1v) is 24.8. The highest BCUT2D eigenvalue weighted by Crippen LogP contribution is 2.51. The number of fused-ring (bicyclic) bond motifs is 6. The molecule has 4 aromatic rings. The molecule has 2 nitrogen and oxygen atoms in total. The molecule has 396 valence electrons. The zero-order valence-electron chi connectivity index (χ0n) is 42.0. The Hall–Kier alpha value is -8.75. The van der Waals surface area contributed by atoms with Gasteiger partial charge in [0.15, 0.2) is 0 Å². The van der Waals surface area contributed by atoms with Gasteiger partial charge in [-0.1, -0.05) is 172 Å². The fraction of sp³-hybridized carbons (Fsp3) is 0.300. The first-order chi connectivity index (χ1) is 34.8. The molecule has 2 aliphatic rings. The monoisotopic (exact) mass is 976 g/mol. The van der Waals surface area contributed by atoms with E-state index in [1.807, 2.05) is 0 Å². The Bertz CT molecular complexity index is 3560. The van der Waals surface area contributed by atoms with Crippen LogP contribution in [0.2, 0.25) is 0 Å². The van der Waals surface area contributed by atoms with E-state index in [0.717, 1.165) is 17.9 Å². The van der Waals surface area contributed by atoms with Crippen molar-refractivity contribution in [3.05, 3.63) is 120 Å². The summed E-state index contributed by atoms with van der Waals surface area (Å²) in [5, 5.41) is 5.04. The average molecular weight is 977 g/mol. The van der Waals surface area contributed by atoms with E-state index in [0.29, 0.717) is 0 Å². The number of anilines is 1. The second-order valence-electron chi connectivity index (χ2n) is 18.3. The normalized spacial score (nSPS) is 13.2. The maximum atomic E-state index is 5.02. The largest absolute Gasteiger partial charge is 0.344 e. The molecule has 0 radical (unpaired) electrons. The van der Waals surface area contributed by atoms with Gasteiger partial charge >= 0.3 is 0 Å². The van der Waals surface area contributed by atoms with Crippen molar-refractivity contribution in [1.82, 2.24) is 0 Å². The molecule has 0 fully saturated rings. The van der Waals surface area contributed by atoms with Gasteiger partial charge in [0.05, 0.1) is 11.3 Å². The quantitative estimate of drug-likeness (QED) is 0.0469. The molecule has 0 unspecified atom stereocenters. The van der Waals surface area contributed by atoms with Gasteiger partial charge in [0.2, 0.25) is 17.4 Å². The zero-order chi connectivity index (χ0) is 50.0. The van der Waals surface area contributed by atoms with E-state index in [9.17, 15) is 0 Å². The topological polar surface area (TPSA) is 6.25 Å². The van der Waals surface area contributed by atoms with E-state index < -0.39 is 0 Å². The molecule has 72 heavy (non-hydrogen) atoms. The van der Waals surface area contributed by atoms with Gasteiger partial charge in [-0.3, -0.25) is 0 Å². The predicted molar refractivity (Wildman–Crippen MR) is 353 cm³/mol. The van der Waals surface area contributed by atoms with E-state index >= 15 is 0 Å². The van der Waals surface area contributed by atoms with Gasteiger partial charge in [-0.15, -0.1) is 11.0 Å². The third kappa shape index (κ3) is 14.6. The van der Waals surface area contributed by atoms with Gasteiger partial charge < -0.3 is 4.90 Å². The smallest absolute Gasteiger partial charge is 0.243 e. The van der Waals surface area contributed by atoms with Crippen molar-refractivity contribution >= 4 is 38.6 Å². The molecule has 0 N–H and O–H groups in total. The molecule has 0 spiro atoms. The van der Waals surface area contributed by atoms with Crippen molar-refractivity contribution in [1.29, 1.82) is 0 Å². The van der Waals surface area contributed by atoms with E-state index in [1.54, 1.807) is 0 Å². The molecule has 4 aromatic carbocycles. The molecule has 0 saturated carbocycles. The van der Waals surface area contributed by atoms with Gasteiger partial charge in [-0.25, -0.2) is 0 Å². The zero-order valence-corrected chi connectivity index (χ0v) is 42.0. The lowest BCUT2D eigenvalue weighted by Crippen LogP contribution is -2.27. The summed E-state index contributed by atoms with van der Waals surface area (Å²) in [5.41, 5.74) is 6.95. The van der Waals surface area contributed by atoms with Crippen LogP contribution in [0.4, 0.5) is 11.4 Å². The highest BCUT2D eigenvalue weighted by Gasteiger charge is 2.46. The third-order valence-electron chi connectivity index (χ3n) is 12.7. The van der Waals surface area contributed by atoms with E-state index in [2.05, 4.69) is 272 Å².